The summed E-state index contributed by atoms with van der Waals surface area (Å²) in [5, 5.41) is 21.3. The van der Waals surface area contributed by atoms with Crippen molar-refractivity contribution in [1.29, 1.82) is 0 Å². The van der Waals surface area contributed by atoms with E-state index in [1.54, 1.807) is 18.3 Å². The van der Waals surface area contributed by atoms with Crippen LogP contribution in [0.4, 0.5) is 21.8 Å². The number of anilines is 3. The van der Waals surface area contributed by atoms with Crippen LogP contribution < -0.4 is 10.2 Å². The van der Waals surface area contributed by atoms with Crippen LogP contribution in [0.15, 0.2) is 42.6 Å². The molecule has 8 heteroatoms. The number of nitrogens with one attached hydrogen (secondary N) is 2. The third-order valence-electron chi connectivity index (χ3n) is 5.46. The van der Waals surface area contributed by atoms with Crippen LogP contribution in [0.3, 0.4) is 0 Å². The highest BCUT2D eigenvalue weighted by Crippen LogP contribution is 2.31. The molecule has 4 aromatic rings. The van der Waals surface area contributed by atoms with Crippen LogP contribution in [-0.2, 0) is 26.1 Å². The summed E-state index contributed by atoms with van der Waals surface area (Å²) in [6.07, 6.45) is 2.45. The van der Waals surface area contributed by atoms with Crippen molar-refractivity contribution in [2.45, 2.75) is 33.0 Å². The van der Waals surface area contributed by atoms with Gasteiger partial charge in [0, 0.05) is 29.7 Å². The van der Waals surface area contributed by atoms with Gasteiger partial charge in [-0.25, -0.2) is 9.37 Å². The molecule has 5 rings (SSSR count). The van der Waals surface area contributed by atoms with Gasteiger partial charge in [0.25, 0.3) is 0 Å². The van der Waals surface area contributed by atoms with Gasteiger partial charge in [0.2, 0.25) is 5.95 Å². The normalized spacial score (nSPS) is 13.1. The fourth-order valence-electron chi connectivity index (χ4n) is 3.93. The highest BCUT2D eigenvalue weighted by molar-refractivity contribution is 5.83. The van der Waals surface area contributed by atoms with Gasteiger partial charge in [0.15, 0.2) is 0 Å². The van der Waals surface area contributed by atoms with E-state index in [0.717, 1.165) is 33.3 Å². The van der Waals surface area contributed by atoms with E-state index >= 15 is 0 Å². The lowest BCUT2D eigenvalue weighted by atomic mass is 10.1. The van der Waals surface area contributed by atoms with Gasteiger partial charge in [-0.05, 0) is 47.9 Å². The number of H-pyrrole nitrogens is 1. The summed E-state index contributed by atoms with van der Waals surface area (Å²) >= 11 is 0. The average Bonchev–Trinajstić information content (AvgIpc) is 3.39. The van der Waals surface area contributed by atoms with Crippen molar-refractivity contribution in [2.75, 3.05) is 10.2 Å². The second kappa shape index (κ2) is 7.38. The summed E-state index contributed by atoms with van der Waals surface area (Å²) in [7, 11) is 0. The van der Waals surface area contributed by atoms with Gasteiger partial charge in [-0.15, -0.1) is 0 Å². The molecule has 0 unspecified atom stereocenters. The fourth-order valence-corrected chi connectivity index (χ4v) is 3.93. The predicted octanol–water partition coefficient (Wildman–Crippen LogP) is 3.81. The molecule has 0 spiro atoms. The second-order valence-corrected chi connectivity index (χ2v) is 7.38. The Morgan fingerprint density at radius 2 is 2.00 bits per heavy atom. The van der Waals surface area contributed by atoms with Crippen LogP contribution in [0.5, 0.6) is 0 Å². The van der Waals surface area contributed by atoms with Crippen LogP contribution in [0.25, 0.3) is 10.9 Å². The van der Waals surface area contributed by atoms with Gasteiger partial charge in [0.05, 0.1) is 24.0 Å². The highest BCUT2D eigenvalue weighted by atomic mass is 19.1. The maximum atomic E-state index is 13.6. The average molecular weight is 404 g/mol. The smallest absolute Gasteiger partial charge is 0.228 e. The van der Waals surface area contributed by atoms with Gasteiger partial charge >= 0.3 is 0 Å². The second-order valence-electron chi connectivity index (χ2n) is 7.38. The van der Waals surface area contributed by atoms with E-state index in [0.29, 0.717) is 37.0 Å². The van der Waals surface area contributed by atoms with Crippen molar-refractivity contribution in [3.63, 3.8) is 0 Å². The number of aromatic amines is 1. The summed E-state index contributed by atoms with van der Waals surface area (Å²) in [4.78, 5) is 11.4. The highest BCUT2D eigenvalue weighted by Gasteiger charge is 2.24. The molecular formula is C22H21FN6O. The molecule has 152 valence electrons. The SMILES string of the molecule is CCc1c(CO)nc(N2Cc3ccc(F)cc3C2)nc1Nc1ccc2[nH]ncc2c1. The summed E-state index contributed by atoms with van der Waals surface area (Å²) in [6, 6.07) is 10.7. The van der Waals surface area contributed by atoms with Crippen molar-refractivity contribution >= 4 is 28.4 Å². The first-order valence-electron chi connectivity index (χ1n) is 9.87. The van der Waals surface area contributed by atoms with Crippen LogP contribution in [0.2, 0.25) is 0 Å². The van der Waals surface area contributed by atoms with Crippen molar-refractivity contribution in [2.24, 2.45) is 0 Å². The minimum Gasteiger partial charge on any atom is -0.390 e. The van der Waals surface area contributed by atoms with Crippen LogP contribution in [0.1, 0.15) is 29.3 Å². The maximum Gasteiger partial charge on any atom is 0.228 e. The third-order valence-corrected chi connectivity index (χ3v) is 5.46. The number of fused-ring (bicyclic) bond motifs is 2. The van der Waals surface area contributed by atoms with Gasteiger partial charge in [-0.3, -0.25) is 5.10 Å². The Hall–Kier alpha value is -3.52. The van der Waals surface area contributed by atoms with Gasteiger partial charge < -0.3 is 15.3 Å². The molecule has 0 saturated carbocycles. The van der Waals surface area contributed by atoms with Crippen molar-refractivity contribution in [1.82, 2.24) is 20.2 Å². The molecular weight excluding hydrogens is 383 g/mol. The van der Waals surface area contributed by atoms with E-state index in [1.165, 1.54) is 6.07 Å². The Kier molecular flexibility index (Phi) is 4.55. The van der Waals surface area contributed by atoms with E-state index in [-0.39, 0.29) is 12.4 Å². The Bertz CT molecular complexity index is 1240. The minimum atomic E-state index is -0.245. The monoisotopic (exact) mass is 404 g/mol. The maximum absolute atomic E-state index is 13.6. The lowest BCUT2D eigenvalue weighted by molar-refractivity contribution is 0.275. The number of hydrogen-bond donors (Lipinski definition) is 3. The van der Waals surface area contributed by atoms with Crippen LogP contribution >= 0.6 is 0 Å². The quantitative estimate of drug-likeness (QED) is 0.469. The summed E-state index contributed by atoms with van der Waals surface area (Å²) in [5.74, 6) is 0.933. The topological polar surface area (TPSA) is 90.0 Å². The molecule has 7 nitrogen and oxygen atoms in total. The first kappa shape index (κ1) is 18.5. The summed E-state index contributed by atoms with van der Waals surface area (Å²) < 4.78 is 13.6. The van der Waals surface area contributed by atoms with Gasteiger partial charge in [0.1, 0.15) is 11.6 Å². The molecule has 2 aromatic carbocycles. The Labute approximate surface area is 172 Å². The first-order valence-corrected chi connectivity index (χ1v) is 9.87. The van der Waals surface area contributed by atoms with Crippen molar-refractivity contribution in [3.8, 4) is 0 Å². The van der Waals surface area contributed by atoms with Crippen LogP contribution in [-0.4, -0.2) is 25.3 Å². The predicted molar refractivity (Wildman–Crippen MR) is 113 cm³/mol. The van der Waals surface area contributed by atoms with E-state index in [4.69, 9.17) is 4.98 Å². The van der Waals surface area contributed by atoms with Crippen LogP contribution in [0, 0.1) is 5.82 Å². The number of nitrogens with zero attached hydrogens (tertiary/aromatic N) is 4. The Morgan fingerprint density at radius 3 is 2.83 bits per heavy atom. The Balaban J connectivity index is 1.52. The number of benzene rings is 2. The van der Waals surface area contributed by atoms with Crippen molar-refractivity contribution < 1.29 is 9.50 Å². The molecule has 0 atom stereocenters. The largest absolute Gasteiger partial charge is 0.390 e. The summed E-state index contributed by atoms with van der Waals surface area (Å²) in [6.45, 7) is 2.97. The lowest BCUT2D eigenvalue weighted by Crippen LogP contribution is -2.20. The standard InChI is InChI=1S/C22H21FN6O/c1-2-18-20(12-30)26-22(29-10-13-3-4-16(23)7-15(13)11-29)27-21(18)25-17-5-6-19-14(8-17)9-24-28-19/h3-9,30H,2,10-12H2,1H3,(H,24,28)(H,25,26,27). The molecule has 0 radical (unpaired) electrons. The zero-order chi connectivity index (χ0) is 20.7. The van der Waals surface area contributed by atoms with Gasteiger partial charge in [-0.2, -0.15) is 10.1 Å². The lowest BCUT2D eigenvalue weighted by Gasteiger charge is -2.20. The molecule has 0 amide bonds. The molecule has 0 aliphatic carbocycles. The number of aliphatic hydroxyl groups is 1. The molecule has 0 saturated heterocycles. The molecule has 1 aliphatic heterocycles. The molecule has 0 fully saturated rings. The molecule has 2 aromatic heterocycles. The number of aromatic nitrogens is 4. The van der Waals surface area contributed by atoms with Gasteiger partial charge in [-0.1, -0.05) is 13.0 Å². The number of halogens is 1. The minimum absolute atomic E-state index is 0.177. The molecule has 1 aliphatic rings. The fraction of sp³-hybridized carbons (Fsp3) is 0.227. The van der Waals surface area contributed by atoms with E-state index in [2.05, 4.69) is 20.5 Å². The van der Waals surface area contributed by atoms with E-state index < -0.39 is 0 Å². The molecule has 3 N–H and O–H groups in total. The molecule has 30 heavy (non-hydrogen) atoms. The number of aliphatic hydroxyl groups excluding tert-OH is 1. The van der Waals surface area contributed by atoms with Crippen molar-refractivity contribution in [3.05, 3.63) is 70.8 Å². The van der Waals surface area contributed by atoms with E-state index in [1.807, 2.05) is 30.0 Å². The molecule has 3 heterocycles. The number of hydrogen-bond acceptors (Lipinski definition) is 6. The summed E-state index contributed by atoms with van der Waals surface area (Å²) in [5.41, 5.74) is 5.29. The molecule has 0 bridgehead atoms. The number of rotatable bonds is 5. The Morgan fingerprint density at radius 1 is 1.13 bits per heavy atom. The third kappa shape index (κ3) is 3.25. The van der Waals surface area contributed by atoms with E-state index in [9.17, 15) is 9.50 Å². The zero-order valence-corrected chi connectivity index (χ0v) is 16.5. The zero-order valence-electron chi connectivity index (χ0n) is 16.5. The first-order chi connectivity index (χ1) is 14.6.